The monoisotopic (exact) mass is 648 g/mol. The van der Waals surface area contributed by atoms with Crippen molar-refractivity contribution in [2.45, 2.75) is 40.3 Å². The Morgan fingerprint density at radius 3 is 2.71 bits per heavy atom. The summed E-state index contributed by atoms with van der Waals surface area (Å²) < 4.78 is 0. The minimum absolute atomic E-state index is 0.0176. The number of thioether (sulfide) groups is 5. The third-order valence-electron chi connectivity index (χ3n) is 5.23. The van der Waals surface area contributed by atoms with Crippen LogP contribution in [-0.4, -0.2) is 71.5 Å². The number of hydrogen-bond donors (Lipinski definition) is 2. The molecule has 2 aromatic rings. The molecule has 2 N–H and O–H groups in total. The van der Waals surface area contributed by atoms with Crippen molar-refractivity contribution in [2.24, 2.45) is 0 Å². The Bertz CT molecular complexity index is 1300. The van der Waals surface area contributed by atoms with Gasteiger partial charge in [0.05, 0.1) is 10.8 Å². The summed E-state index contributed by atoms with van der Waals surface area (Å²) in [5.41, 5.74) is 0.856. The van der Waals surface area contributed by atoms with E-state index in [9.17, 15) is 19.5 Å². The number of β-lactam (4-membered cyclic amide) rings is 1. The molecule has 1 aromatic carbocycles. The molecule has 0 spiro atoms. The minimum atomic E-state index is -1.16. The number of carboxylic acid groups (broad SMARTS) is 1. The molecule has 0 radical (unpaired) electrons. The van der Waals surface area contributed by atoms with Crippen molar-refractivity contribution in [1.29, 1.82) is 0 Å². The first-order valence-electron chi connectivity index (χ1n) is 11.2. The van der Waals surface area contributed by atoms with Crippen molar-refractivity contribution < 1.29 is 19.5 Å². The van der Waals surface area contributed by atoms with E-state index in [4.69, 9.17) is 23.2 Å². The number of hydrogen-bond acceptors (Lipinski definition) is 10. The van der Waals surface area contributed by atoms with E-state index >= 15 is 0 Å². The predicted molar refractivity (Wildman–Crippen MR) is 158 cm³/mol. The maximum absolute atomic E-state index is 12.9. The van der Waals surface area contributed by atoms with Crippen LogP contribution in [0.5, 0.6) is 0 Å². The van der Waals surface area contributed by atoms with Gasteiger partial charge in [-0.25, -0.2) is 14.8 Å². The van der Waals surface area contributed by atoms with Crippen molar-refractivity contribution >= 4 is 99.8 Å². The summed E-state index contributed by atoms with van der Waals surface area (Å²) in [6.45, 7) is 3.95. The number of aryl methyl sites for hydroxylation is 1. The van der Waals surface area contributed by atoms with Gasteiger partial charge in [0.15, 0.2) is 5.16 Å². The Hall–Kier alpha value is -1.22. The van der Waals surface area contributed by atoms with Gasteiger partial charge in [0.2, 0.25) is 5.91 Å². The van der Waals surface area contributed by atoms with E-state index in [-0.39, 0.29) is 17.4 Å². The molecule has 0 unspecified atom stereocenters. The van der Waals surface area contributed by atoms with Crippen LogP contribution in [-0.2, 0) is 14.4 Å². The van der Waals surface area contributed by atoms with Gasteiger partial charge in [-0.2, -0.15) is 0 Å². The molecule has 38 heavy (non-hydrogen) atoms. The molecule has 8 nitrogen and oxygen atoms in total. The van der Waals surface area contributed by atoms with Crippen molar-refractivity contribution in [3.63, 3.8) is 0 Å². The molecule has 3 heterocycles. The zero-order valence-electron chi connectivity index (χ0n) is 20.1. The molecule has 0 saturated carbocycles. The van der Waals surface area contributed by atoms with Crippen molar-refractivity contribution in [1.82, 2.24) is 20.2 Å². The van der Waals surface area contributed by atoms with E-state index < -0.39 is 23.3 Å². The number of nitrogens with one attached hydrogen (secondary N) is 1. The quantitative estimate of drug-likeness (QED) is 0.106. The van der Waals surface area contributed by atoms with Crippen LogP contribution in [0.1, 0.15) is 12.6 Å². The summed E-state index contributed by atoms with van der Waals surface area (Å²) in [6, 6.07) is 6.10. The van der Waals surface area contributed by atoms with E-state index in [2.05, 4.69) is 15.3 Å². The van der Waals surface area contributed by atoms with Gasteiger partial charge >= 0.3 is 5.97 Å². The molecule has 0 aliphatic carbocycles. The lowest BCUT2D eigenvalue weighted by Gasteiger charge is -2.49. The highest BCUT2D eigenvalue weighted by Crippen LogP contribution is 2.44. The smallest absolute Gasteiger partial charge is 0.353 e. The van der Waals surface area contributed by atoms with Gasteiger partial charge in [-0.15, -0.1) is 35.3 Å². The summed E-state index contributed by atoms with van der Waals surface area (Å²) in [4.78, 5) is 49.1. The van der Waals surface area contributed by atoms with Gasteiger partial charge in [-0.05, 0) is 36.9 Å². The largest absolute Gasteiger partial charge is 0.477 e. The molecule has 202 valence electrons. The molecule has 15 heteroatoms. The fourth-order valence-corrected chi connectivity index (χ4v) is 9.33. The molecular formula is C23H22Cl2N4O4S5. The van der Waals surface area contributed by atoms with Gasteiger partial charge in [0.25, 0.3) is 5.91 Å². The van der Waals surface area contributed by atoms with Crippen molar-refractivity contribution in [3.05, 3.63) is 50.6 Å². The van der Waals surface area contributed by atoms with Crippen molar-refractivity contribution in [3.8, 4) is 0 Å². The normalized spacial score (nSPS) is 18.7. The van der Waals surface area contributed by atoms with Crippen LogP contribution < -0.4 is 5.32 Å². The Labute approximate surface area is 251 Å². The molecule has 2 amide bonds. The fraction of sp³-hybridized carbons (Fsp3) is 0.348. The second kappa shape index (κ2) is 13.4. The molecule has 1 fully saturated rings. The van der Waals surface area contributed by atoms with E-state index in [1.165, 1.54) is 51.9 Å². The molecule has 2 aliphatic heterocycles. The number of carbonyl (C=O) groups excluding carboxylic acids is 2. The van der Waals surface area contributed by atoms with Crippen LogP contribution in [0.3, 0.4) is 0 Å². The topological polar surface area (TPSA) is 112 Å². The van der Waals surface area contributed by atoms with Crippen LogP contribution in [0.15, 0.2) is 49.9 Å². The number of aromatic nitrogens is 2. The molecule has 2 aliphatic rings. The molecule has 1 aromatic heterocycles. The number of amides is 2. The number of rotatable bonds is 11. The lowest BCUT2D eigenvalue weighted by atomic mass is 10.1. The molecular weight excluding hydrogens is 628 g/mol. The number of benzene rings is 1. The van der Waals surface area contributed by atoms with E-state index in [1.54, 1.807) is 30.0 Å². The average Bonchev–Trinajstić information content (AvgIpc) is 2.87. The standard InChI is InChI=1S/C23H22Cl2N4O4S5/c1-3-34-23-26-11(2)6-17(28-23)38-10-37-15-8-36-21-18(20(31)29(21)19(15)22(32)33)27-16(30)9-35-14-7-12(24)4-5-13(14)25/h4-7,18,21H,3,8-10H2,1-2H3,(H,27,30)(H,32,33)/t18-,21-/m1/s1. The van der Waals surface area contributed by atoms with Gasteiger partial charge in [-0.3, -0.25) is 14.5 Å². The van der Waals surface area contributed by atoms with Crippen LogP contribution in [0, 0.1) is 6.92 Å². The number of halogens is 2. The summed E-state index contributed by atoms with van der Waals surface area (Å²) in [7, 11) is 0. The number of carbonyl (C=O) groups is 3. The van der Waals surface area contributed by atoms with Gasteiger partial charge < -0.3 is 10.4 Å². The highest BCUT2D eigenvalue weighted by atomic mass is 35.5. The second-order valence-corrected chi connectivity index (χ2v) is 14.5. The van der Waals surface area contributed by atoms with E-state index in [0.717, 1.165) is 21.6 Å². The zero-order valence-corrected chi connectivity index (χ0v) is 25.7. The third kappa shape index (κ3) is 7.10. The highest BCUT2D eigenvalue weighted by Gasteiger charge is 2.54. The van der Waals surface area contributed by atoms with Crippen LogP contribution in [0.2, 0.25) is 10.0 Å². The van der Waals surface area contributed by atoms with Crippen LogP contribution in [0.4, 0.5) is 0 Å². The Kier molecular flexibility index (Phi) is 10.5. The van der Waals surface area contributed by atoms with E-state index in [1.807, 2.05) is 19.9 Å². The third-order valence-corrected chi connectivity index (χ3v) is 11.3. The summed E-state index contributed by atoms with van der Waals surface area (Å²) in [5, 5.41) is 15.2. The first-order valence-corrected chi connectivity index (χ1v) is 16.9. The van der Waals surface area contributed by atoms with Gasteiger partial charge in [-0.1, -0.05) is 53.6 Å². The molecule has 0 bridgehead atoms. The molecule has 4 rings (SSSR count). The summed E-state index contributed by atoms with van der Waals surface area (Å²) in [5.74, 6) is -0.593. The number of carboxylic acids is 1. The first kappa shape index (κ1) is 29.8. The summed E-state index contributed by atoms with van der Waals surface area (Å²) in [6.07, 6.45) is 0. The Morgan fingerprint density at radius 2 is 1.97 bits per heavy atom. The molecule has 2 atom stereocenters. The summed E-state index contributed by atoms with van der Waals surface area (Å²) >= 11 is 19.2. The van der Waals surface area contributed by atoms with Gasteiger partial charge in [0, 0.05) is 31.4 Å². The first-order chi connectivity index (χ1) is 18.2. The molecule has 1 saturated heterocycles. The SMILES string of the molecule is CCSc1nc(C)cc(SCSC2=C(C(=O)O)N3C(=O)[C@@H](NC(=O)CSc4cc(Cl)ccc4Cl)[C@H]3SC2)n1. The highest BCUT2D eigenvalue weighted by molar-refractivity contribution is 8.18. The maximum atomic E-state index is 12.9. The maximum Gasteiger partial charge on any atom is 0.353 e. The second-order valence-electron chi connectivity index (χ2n) is 7.87. The fourth-order valence-electron chi connectivity index (χ4n) is 3.59. The predicted octanol–water partition coefficient (Wildman–Crippen LogP) is 5.48. The van der Waals surface area contributed by atoms with Crippen LogP contribution >= 0.6 is 82.0 Å². The Balaban J connectivity index is 1.35. The number of aliphatic carboxylic acids is 1. The number of fused-ring (bicyclic) bond motifs is 1. The van der Waals surface area contributed by atoms with Crippen molar-refractivity contribution in [2.75, 3.05) is 22.3 Å². The zero-order chi connectivity index (χ0) is 27.4. The minimum Gasteiger partial charge on any atom is -0.477 e. The number of nitrogens with zero attached hydrogens (tertiary/aromatic N) is 3. The Morgan fingerprint density at radius 1 is 1.18 bits per heavy atom. The lowest BCUT2D eigenvalue weighted by Crippen LogP contribution is -2.70. The lowest BCUT2D eigenvalue weighted by molar-refractivity contribution is -0.150. The van der Waals surface area contributed by atoms with Crippen LogP contribution in [0.25, 0.3) is 0 Å². The van der Waals surface area contributed by atoms with Gasteiger partial charge in [0.1, 0.15) is 22.1 Å². The average molecular weight is 650 g/mol. The van der Waals surface area contributed by atoms with E-state index in [0.29, 0.717) is 30.7 Å².